The number of thioether (sulfide) groups is 1. The van der Waals surface area contributed by atoms with Gasteiger partial charge >= 0.3 is 0 Å². The van der Waals surface area contributed by atoms with Gasteiger partial charge in [0.1, 0.15) is 0 Å². The molecule has 0 fully saturated rings. The van der Waals surface area contributed by atoms with Crippen LogP contribution in [0.3, 0.4) is 0 Å². The fourth-order valence-corrected chi connectivity index (χ4v) is 3.49. The van der Waals surface area contributed by atoms with E-state index in [0.717, 1.165) is 41.8 Å². The van der Waals surface area contributed by atoms with Gasteiger partial charge < -0.3 is 9.09 Å². The average molecular weight is 357 g/mol. The molecule has 0 aliphatic heterocycles. The Balaban J connectivity index is 1.88. The number of hydrogen-bond donors (Lipinski definition) is 0. The third-order valence-corrected chi connectivity index (χ3v) is 4.94. The fraction of sp³-hybridized carbons (Fsp3) is 0.444. The van der Waals surface area contributed by atoms with Crippen LogP contribution in [0.1, 0.15) is 49.7 Å². The second-order valence-corrected chi connectivity index (χ2v) is 7.30. The Kier molecular flexibility index (Phi) is 5.53. The van der Waals surface area contributed by atoms with Gasteiger partial charge in [0.15, 0.2) is 16.8 Å². The van der Waals surface area contributed by atoms with Crippen molar-refractivity contribution in [1.82, 2.24) is 24.9 Å². The van der Waals surface area contributed by atoms with E-state index in [1.54, 1.807) is 11.8 Å². The zero-order valence-corrected chi connectivity index (χ0v) is 15.9. The smallest absolute Gasteiger partial charge is 0.239 e. The molecule has 132 valence electrons. The van der Waals surface area contributed by atoms with Gasteiger partial charge in [0.25, 0.3) is 0 Å². The van der Waals surface area contributed by atoms with Crippen LogP contribution in [-0.4, -0.2) is 24.9 Å². The summed E-state index contributed by atoms with van der Waals surface area (Å²) in [6.07, 6.45) is 1.78. The van der Waals surface area contributed by atoms with Crippen LogP contribution in [0.5, 0.6) is 0 Å². The van der Waals surface area contributed by atoms with E-state index in [4.69, 9.17) is 4.52 Å². The van der Waals surface area contributed by atoms with Crippen LogP contribution in [0, 0.1) is 6.92 Å². The van der Waals surface area contributed by atoms with Crippen LogP contribution in [0.15, 0.2) is 33.9 Å². The van der Waals surface area contributed by atoms with Crippen LogP contribution in [0.2, 0.25) is 0 Å². The van der Waals surface area contributed by atoms with Crippen molar-refractivity contribution in [2.75, 3.05) is 0 Å². The highest BCUT2D eigenvalue weighted by molar-refractivity contribution is 7.99. The van der Waals surface area contributed by atoms with Crippen molar-refractivity contribution in [3.05, 3.63) is 41.5 Å². The first-order chi connectivity index (χ1) is 12.1. The molecule has 0 spiro atoms. The average Bonchev–Trinajstić information content (AvgIpc) is 3.23. The second-order valence-electron chi connectivity index (χ2n) is 5.99. The predicted molar refractivity (Wildman–Crippen MR) is 98.4 cm³/mol. The maximum atomic E-state index is 5.36. The fourth-order valence-electron chi connectivity index (χ4n) is 2.58. The Morgan fingerprint density at radius 3 is 2.76 bits per heavy atom. The van der Waals surface area contributed by atoms with Crippen LogP contribution in [0.25, 0.3) is 11.4 Å². The Morgan fingerprint density at radius 2 is 2.08 bits per heavy atom. The molecule has 0 aliphatic rings. The molecule has 0 saturated heterocycles. The molecule has 0 saturated carbocycles. The van der Waals surface area contributed by atoms with Gasteiger partial charge in [-0.2, -0.15) is 4.98 Å². The van der Waals surface area contributed by atoms with Crippen LogP contribution in [0.4, 0.5) is 0 Å². The predicted octanol–water partition coefficient (Wildman–Crippen LogP) is 4.46. The maximum Gasteiger partial charge on any atom is 0.239 e. The highest BCUT2D eigenvalue weighted by Gasteiger charge is 2.21. The lowest BCUT2D eigenvalue weighted by molar-refractivity contribution is 0.375. The molecule has 3 aromatic rings. The number of benzene rings is 1. The van der Waals surface area contributed by atoms with E-state index < -0.39 is 0 Å². The molecule has 0 aliphatic carbocycles. The van der Waals surface area contributed by atoms with Crippen molar-refractivity contribution >= 4 is 11.8 Å². The molecule has 2 aromatic heterocycles. The van der Waals surface area contributed by atoms with Gasteiger partial charge in [0, 0.05) is 18.5 Å². The van der Waals surface area contributed by atoms with Crippen LogP contribution in [-0.2, 0) is 13.0 Å². The molecular weight excluding hydrogens is 334 g/mol. The van der Waals surface area contributed by atoms with E-state index >= 15 is 0 Å². The number of hydrogen-bond acceptors (Lipinski definition) is 6. The highest BCUT2D eigenvalue weighted by atomic mass is 32.2. The zero-order chi connectivity index (χ0) is 17.8. The number of rotatable bonds is 7. The van der Waals surface area contributed by atoms with Gasteiger partial charge in [0.05, 0.1) is 5.25 Å². The third kappa shape index (κ3) is 3.92. The molecule has 7 heteroatoms. The number of nitrogens with zero attached hydrogens (tertiary/aromatic N) is 5. The number of aromatic nitrogens is 5. The van der Waals surface area contributed by atoms with Gasteiger partial charge in [-0.25, -0.2) is 0 Å². The summed E-state index contributed by atoms with van der Waals surface area (Å²) >= 11 is 1.60. The molecule has 6 nitrogen and oxygen atoms in total. The molecule has 0 bridgehead atoms. The van der Waals surface area contributed by atoms with Crippen molar-refractivity contribution in [2.24, 2.45) is 0 Å². The molecule has 3 rings (SSSR count). The monoisotopic (exact) mass is 357 g/mol. The van der Waals surface area contributed by atoms with Gasteiger partial charge in [-0.05, 0) is 26.3 Å². The van der Waals surface area contributed by atoms with Crippen LogP contribution < -0.4 is 0 Å². The largest absolute Gasteiger partial charge is 0.338 e. The first-order valence-electron chi connectivity index (χ1n) is 8.61. The summed E-state index contributed by atoms with van der Waals surface area (Å²) in [6.45, 7) is 9.18. The SMILES string of the molecule is CCCn1c(SC(C)c2nc(CC)no2)nnc1-c1cccc(C)c1. The second kappa shape index (κ2) is 7.82. The Bertz CT molecular complexity index is 842. The summed E-state index contributed by atoms with van der Waals surface area (Å²) in [5, 5.41) is 13.7. The highest BCUT2D eigenvalue weighted by Crippen LogP contribution is 2.34. The summed E-state index contributed by atoms with van der Waals surface area (Å²) in [4.78, 5) is 4.42. The van der Waals surface area contributed by atoms with Crippen molar-refractivity contribution in [3.8, 4) is 11.4 Å². The third-order valence-electron chi connectivity index (χ3n) is 3.87. The van der Waals surface area contributed by atoms with Crippen LogP contribution >= 0.6 is 11.8 Å². The van der Waals surface area contributed by atoms with E-state index in [1.807, 2.05) is 6.92 Å². The lowest BCUT2D eigenvalue weighted by Crippen LogP contribution is -2.03. The van der Waals surface area contributed by atoms with E-state index in [1.165, 1.54) is 5.56 Å². The Hall–Kier alpha value is -2.15. The van der Waals surface area contributed by atoms with Crippen molar-refractivity contribution < 1.29 is 4.52 Å². The first kappa shape index (κ1) is 17.7. The molecule has 1 atom stereocenters. The minimum absolute atomic E-state index is 0.0259. The van der Waals surface area contributed by atoms with Gasteiger partial charge in [0.2, 0.25) is 5.89 Å². The van der Waals surface area contributed by atoms with Gasteiger partial charge in [-0.3, -0.25) is 0 Å². The molecule has 1 unspecified atom stereocenters. The standard InChI is InChI=1S/C18H23N5OS/c1-5-10-23-16(14-9-7-8-12(3)11-14)20-21-18(23)25-13(4)17-19-15(6-2)22-24-17/h7-9,11,13H,5-6,10H2,1-4H3. The molecule has 25 heavy (non-hydrogen) atoms. The first-order valence-corrected chi connectivity index (χ1v) is 9.49. The summed E-state index contributed by atoms with van der Waals surface area (Å²) in [7, 11) is 0. The Morgan fingerprint density at radius 1 is 1.24 bits per heavy atom. The van der Waals surface area contributed by atoms with E-state index in [9.17, 15) is 0 Å². The molecular formula is C18H23N5OS. The lowest BCUT2D eigenvalue weighted by Gasteiger charge is -2.11. The number of aryl methyl sites for hydroxylation is 2. The molecule has 0 amide bonds. The minimum atomic E-state index is 0.0259. The van der Waals surface area contributed by atoms with Gasteiger partial charge in [-0.15, -0.1) is 10.2 Å². The van der Waals surface area contributed by atoms with E-state index in [0.29, 0.717) is 5.89 Å². The van der Waals surface area contributed by atoms with E-state index in [2.05, 4.69) is 69.9 Å². The summed E-state index contributed by atoms with van der Waals surface area (Å²) < 4.78 is 7.53. The molecule has 2 heterocycles. The Labute approximate surface area is 152 Å². The summed E-state index contributed by atoms with van der Waals surface area (Å²) in [6, 6.07) is 8.35. The zero-order valence-electron chi connectivity index (χ0n) is 15.1. The van der Waals surface area contributed by atoms with Crippen molar-refractivity contribution in [2.45, 2.75) is 57.5 Å². The van der Waals surface area contributed by atoms with Gasteiger partial charge in [-0.1, -0.05) is 54.5 Å². The van der Waals surface area contributed by atoms with Crippen molar-refractivity contribution in [1.29, 1.82) is 0 Å². The summed E-state index contributed by atoms with van der Waals surface area (Å²) in [5.41, 5.74) is 2.30. The lowest BCUT2D eigenvalue weighted by atomic mass is 10.1. The molecule has 0 radical (unpaired) electrons. The van der Waals surface area contributed by atoms with E-state index in [-0.39, 0.29) is 5.25 Å². The normalized spacial score (nSPS) is 12.5. The topological polar surface area (TPSA) is 69.6 Å². The molecule has 1 aromatic carbocycles. The summed E-state index contributed by atoms with van der Waals surface area (Å²) in [5.74, 6) is 2.27. The van der Waals surface area contributed by atoms with Crippen molar-refractivity contribution in [3.63, 3.8) is 0 Å². The molecule has 0 N–H and O–H groups in total. The minimum Gasteiger partial charge on any atom is -0.338 e. The quantitative estimate of drug-likeness (QED) is 0.581. The maximum absolute atomic E-state index is 5.36.